The Balaban J connectivity index is 2.33. The number of rotatable bonds is 7. The zero-order valence-corrected chi connectivity index (χ0v) is 10.1. The van der Waals surface area contributed by atoms with E-state index in [0.717, 1.165) is 18.9 Å². The number of methoxy groups -OCH3 is 1. The van der Waals surface area contributed by atoms with Crippen LogP contribution < -0.4 is 5.32 Å². The number of nitrogens with one attached hydrogen (secondary N) is 1. The van der Waals surface area contributed by atoms with Gasteiger partial charge in [0, 0.05) is 36.2 Å². The van der Waals surface area contributed by atoms with Crippen LogP contribution in [0.4, 0.5) is 0 Å². The smallest absolute Gasteiger partial charge is 0.0624 e. The Morgan fingerprint density at radius 2 is 2.20 bits per heavy atom. The van der Waals surface area contributed by atoms with Crippen LogP contribution in [0.5, 0.6) is 0 Å². The minimum absolute atomic E-state index is 0.415. The first-order valence-electron chi connectivity index (χ1n) is 5.12. The van der Waals surface area contributed by atoms with Crippen molar-refractivity contribution in [2.45, 2.75) is 17.9 Å². The molecule has 1 atom stereocenters. The van der Waals surface area contributed by atoms with E-state index in [1.54, 1.807) is 7.11 Å². The molecule has 1 aromatic rings. The Morgan fingerprint density at radius 3 is 2.80 bits per heavy atom. The first-order chi connectivity index (χ1) is 7.36. The fraction of sp³-hybridized carbons (Fsp3) is 0.545. The van der Waals surface area contributed by atoms with Gasteiger partial charge in [-0.05, 0) is 18.7 Å². The van der Waals surface area contributed by atoms with Crippen LogP contribution in [0.2, 0.25) is 0 Å². The molecule has 0 amide bonds. The summed E-state index contributed by atoms with van der Waals surface area (Å²) in [6, 6.07) is 4.47. The Morgan fingerprint density at radius 1 is 1.47 bits per heavy atom. The van der Waals surface area contributed by atoms with Crippen molar-refractivity contribution >= 4 is 11.8 Å². The maximum atomic E-state index is 5.16. The molecule has 84 valence electrons. The Kier molecular flexibility index (Phi) is 6.39. The van der Waals surface area contributed by atoms with Gasteiger partial charge in [0.25, 0.3) is 0 Å². The van der Waals surface area contributed by atoms with E-state index in [0.29, 0.717) is 6.04 Å². The predicted octanol–water partition coefficient (Wildman–Crippen LogP) is 1.80. The number of thioether (sulfide) groups is 1. The molecular formula is C11H18N2OS. The lowest BCUT2D eigenvalue weighted by atomic mass is 10.3. The molecule has 4 heteroatoms. The number of nitrogens with zero attached hydrogens (tertiary/aromatic N) is 1. The highest BCUT2D eigenvalue weighted by Crippen LogP contribution is 2.17. The average Bonchev–Trinajstić information content (AvgIpc) is 2.28. The van der Waals surface area contributed by atoms with Gasteiger partial charge in [-0.3, -0.25) is 4.98 Å². The van der Waals surface area contributed by atoms with Crippen molar-refractivity contribution in [1.82, 2.24) is 10.3 Å². The lowest BCUT2D eigenvalue weighted by Crippen LogP contribution is -2.35. The molecule has 0 aliphatic heterocycles. The van der Waals surface area contributed by atoms with Gasteiger partial charge in [-0.15, -0.1) is 11.8 Å². The zero-order valence-electron chi connectivity index (χ0n) is 9.27. The number of likely N-dealkylation sites (N-methyl/N-ethyl adjacent to an activating group) is 1. The van der Waals surface area contributed by atoms with E-state index in [1.807, 2.05) is 36.3 Å². The molecule has 1 aromatic heterocycles. The maximum absolute atomic E-state index is 5.16. The van der Waals surface area contributed by atoms with Gasteiger partial charge in [-0.2, -0.15) is 0 Å². The number of pyridine rings is 1. The van der Waals surface area contributed by atoms with Crippen molar-refractivity contribution in [3.05, 3.63) is 24.5 Å². The predicted molar refractivity (Wildman–Crippen MR) is 64.3 cm³/mol. The van der Waals surface area contributed by atoms with Crippen molar-refractivity contribution in [3.8, 4) is 0 Å². The van der Waals surface area contributed by atoms with Gasteiger partial charge in [0.2, 0.25) is 0 Å². The van der Waals surface area contributed by atoms with Crippen LogP contribution in [0.1, 0.15) is 6.92 Å². The van der Waals surface area contributed by atoms with E-state index in [-0.39, 0.29) is 0 Å². The molecule has 0 aliphatic carbocycles. The van der Waals surface area contributed by atoms with E-state index >= 15 is 0 Å². The Labute approximate surface area is 95.6 Å². The minimum Gasteiger partial charge on any atom is -0.383 e. The van der Waals surface area contributed by atoms with Gasteiger partial charge in [-0.25, -0.2) is 0 Å². The maximum Gasteiger partial charge on any atom is 0.0624 e. The second-order valence-corrected chi connectivity index (χ2v) is 4.30. The SMILES string of the molecule is CCNC(COC)CSc1ccncc1. The molecule has 3 nitrogen and oxygen atoms in total. The van der Waals surface area contributed by atoms with E-state index < -0.39 is 0 Å². The number of hydrogen-bond acceptors (Lipinski definition) is 4. The molecule has 0 spiro atoms. The van der Waals surface area contributed by atoms with Gasteiger partial charge in [0.15, 0.2) is 0 Å². The third-order valence-corrected chi connectivity index (χ3v) is 3.14. The highest BCUT2D eigenvalue weighted by atomic mass is 32.2. The summed E-state index contributed by atoms with van der Waals surface area (Å²) in [5.41, 5.74) is 0. The highest BCUT2D eigenvalue weighted by Gasteiger charge is 2.06. The molecule has 15 heavy (non-hydrogen) atoms. The molecule has 0 fully saturated rings. The number of aromatic nitrogens is 1. The summed E-state index contributed by atoms with van der Waals surface area (Å²) in [5.74, 6) is 1.02. The van der Waals surface area contributed by atoms with Crippen molar-refractivity contribution in [2.24, 2.45) is 0 Å². The molecule has 1 rings (SSSR count). The molecule has 0 radical (unpaired) electrons. The van der Waals surface area contributed by atoms with Crippen LogP contribution in [0.25, 0.3) is 0 Å². The van der Waals surface area contributed by atoms with E-state index in [2.05, 4.69) is 17.2 Å². The average molecular weight is 226 g/mol. The van der Waals surface area contributed by atoms with Gasteiger partial charge in [-0.1, -0.05) is 6.92 Å². The van der Waals surface area contributed by atoms with Crippen LogP contribution in [0.3, 0.4) is 0 Å². The first kappa shape index (κ1) is 12.5. The minimum atomic E-state index is 0.415. The summed E-state index contributed by atoms with van der Waals surface area (Å²) in [7, 11) is 1.74. The Bertz CT molecular complexity index is 250. The number of ether oxygens (including phenoxy) is 1. The van der Waals surface area contributed by atoms with Crippen molar-refractivity contribution in [1.29, 1.82) is 0 Å². The van der Waals surface area contributed by atoms with E-state index in [9.17, 15) is 0 Å². The molecule has 0 aromatic carbocycles. The van der Waals surface area contributed by atoms with Crippen LogP contribution in [-0.2, 0) is 4.74 Å². The van der Waals surface area contributed by atoms with Crippen LogP contribution in [-0.4, -0.2) is 37.0 Å². The molecule has 1 N–H and O–H groups in total. The van der Waals surface area contributed by atoms with Gasteiger partial charge < -0.3 is 10.1 Å². The Hall–Kier alpha value is -0.580. The van der Waals surface area contributed by atoms with Crippen LogP contribution >= 0.6 is 11.8 Å². The van der Waals surface area contributed by atoms with Crippen molar-refractivity contribution < 1.29 is 4.74 Å². The third kappa shape index (κ3) is 5.16. The molecular weight excluding hydrogens is 208 g/mol. The lowest BCUT2D eigenvalue weighted by Gasteiger charge is -2.16. The second kappa shape index (κ2) is 7.68. The summed E-state index contributed by atoms with van der Waals surface area (Å²) in [4.78, 5) is 5.25. The summed E-state index contributed by atoms with van der Waals surface area (Å²) in [6.07, 6.45) is 3.64. The summed E-state index contributed by atoms with van der Waals surface area (Å²) < 4.78 is 5.16. The summed E-state index contributed by atoms with van der Waals surface area (Å²) in [6.45, 7) is 3.84. The van der Waals surface area contributed by atoms with Crippen molar-refractivity contribution in [2.75, 3.05) is 26.0 Å². The lowest BCUT2D eigenvalue weighted by molar-refractivity contribution is 0.174. The van der Waals surface area contributed by atoms with E-state index in [1.165, 1.54) is 4.90 Å². The second-order valence-electron chi connectivity index (χ2n) is 3.20. The van der Waals surface area contributed by atoms with Crippen molar-refractivity contribution in [3.63, 3.8) is 0 Å². The zero-order chi connectivity index (χ0) is 10.9. The third-order valence-electron chi connectivity index (χ3n) is 1.96. The van der Waals surface area contributed by atoms with Gasteiger partial charge >= 0.3 is 0 Å². The monoisotopic (exact) mass is 226 g/mol. The molecule has 0 saturated heterocycles. The molecule has 1 unspecified atom stereocenters. The standard InChI is InChI=1S/C11H18N2OS/c1-3-13-10(8-14-2)9-15-11-4-6-12-7-5-11/h4-7,10,13H,3,8-9H2,1-2H3. The van der Waals surface area contributed by atoms with Crippen LogP contribution in [0, 0.1) is 0 Å². The fourth-order valence-corrected chi connectivity index (χ4v) is 2.21. The summed E-state index contributed by atoms with van der Waals surface area (Å²) >= 11 is 1.83. The number of hydrogen-bond donors (Lipinski definition) is 1. The molecule has 0 saturated carbocycles. The normalized spacial score (nSPS) is 12.7. The fourth-order valence-electron chi connectivity index (χ4n) is 1.29. The molecule has 0 bridgehead atoms. The topological polar surface area (TPSA) is 34.1 Å². The summed E-state index contributed by atoms with van der Waals surface area (Å²) in [5, 5.41) is 3.39. The molecule has 0 aliphatic rings. The van der Waals surface area contributed by atoms with E-state index in [4.69, 9.17) is 4.74 Å². The quantitative estimate of drug-likeness (QED) is 0.719. The largest absolute Gasteiger partial charge is 0.383 e. The van der Waals surface area contributed by atoms with Gasteiger partial charge in [0.05, 0.1) is 6.61 Å². The molecule has 1 heterocycles. The first-order valence-corrected chi connectivity index (χ1v) is 6.10. The highest BCUT2D eigenvalue weighted by molar-refractivity contribution is 7.99. The van der Waals surface area contributed by atoms with Crippen LogP contribution in [0.15, 0.2) is 29.4 Å². The van der Waals surface area contributed by atoms with Gasteiger partial charge in [0.1, 0.15) is 0 Å².